The van der Waals surface area contributed by atoms with Crippen LogP contribution < -0.4 is 35.4 Å². The second-order valence-corrected chi connectivity index (χ2v) is 17.7. The van der Waals surface area contributed by atoms with Gasteiger partial charge in [0.15, 0.2) is 5.82 Å². The fraction of sp³-hybridized carbons (Fsp3) is 0.489. The molecule has 3 aromatic rings. The lowest BCUT2D eigenvalue weighted by atomic mass is 10.0. The lowest BCUT2D eigenvalue weighted by molar-refractivity contribution is -0.140. The first-order valence-electron chi connectivity index (χ1n) is 22.5. The number of rotatable bonds is 11. The van der Waals surface area contributed by atoms with Crippen LogP contribution in [0.2, 0.25) is 0 Å². The molecule has 6 aliphatic rings. The van der Waals surface area contributed by atoms with Crippen molar-refractivity contribution in [2.45, 2.75) is 75.4 Å². The predicted molar refractivity (Wildman–Crippen MR) is 235 cm³/mol. The van der Waals surface area contributed by atoms with E-state index in [-0.39, 0.29) is 83.3 Å². The SMILES string of the molecule is COc1cc(C(=O)N[C@@H]2CCN(C(=O)CCN3CCN(c4ccc5c(c4)C(=O)N(C4CCC(=O)NC4=O)C5=O)CC3)C2)c(F)cc1Nc1ncc2c(n1)N(C1CCCC1)CC(F)(F)C(=O)N2C. The minimum atomic E-state index is -3.65. The van der Waals surface area contributed by atoms with Crippen molar-refractivity contribution in [2.75, 3.05) is 86.5 Å². The van der Waals surface area contributed by atoms with Gasteiger partial charge in [0.05, 0.1) is 42.2 Å². The molecule has 1 unspecified atom stereocenters. The van der Waals surface area contributed by atoms with Crippen molar-refractivity contribution in [3.8, 4) is 5.75 Å². The molecule has 1 saturated carbocycles. The maximum atomic E-state index is 15.7. The lowest BCUT2D eigenvalue weighted by Crippen LogP contribution is -2.54. The molecular formula is C45H50F3N11O8. The number of imide groups is 2. The molecule has 5 aliphatic heterocycles. The van der Waals surface area contributed by atoms with Gasteiger partial charge in [-0.1, -0.05) is 12.8 Å². The summed E-state index contributed by atoms with van der Waals surface area (Å²) in [5, 5.41) is 7.93. The molecule has 9 rings (SSSR count). The van der Waals surface area contributed by atoms with Crippen molar-refractivity contribution in [3.63, 3.8) is 0 Å². The maximum absolute atomic E-state index is 15.7. The average molecular weight is 930 g/mol. The number of ether oxygens (including phenoxy) is 1. The zero-order chi connectivity index (χ0) is 47.3. The number of piperidine rings is 1. The van der Waals surface area contributed by atoms with Crippen molar-refractivity contribution >= 4 is 70.2 Å². The topological polar surface area (TPSA) is 210 Å². The summed E-state index contributed by atoms with van der Waals surface area (Å²) in [6.45, 7) is 2.81. The van der Waals surface area contributed by atoms with E-state index in [4.69, 9.17) is 4.74 Å². The minimum absolute atomic E-state index is 0.0387. The van der Waals surface area contributed by atoms with Gasteiger partial charge in [-0.2, -0.15) is 13.8 Å². The third kappa shape index (κ3) is 8.81. The van der Waals surface area contributed by atoms with Crippen molar-refractivity contribution in [2.24, 2.45) is 0 Å². The van der Waals surface area contributed by atoms with E-state index < -0.39 is 65.8 Å². The third-order valence-corrected chi connectivity index (χ3v) is 13.6. The third-order valence-electron chi connectivity index (χ3n) is 13.6. The minimum Gasteiger partial charge on any atom is -0.495 e. The summed E-state index contributed by atoms with van der Waals surface area (Å²) >= 11 is 0. The summed E-state index contributed by atoms with van der Waals surface area (Å²) < 4.78 is 51.3. The Kier molecular flexibility index (Phi) is 12.2. The van der Waals surface area contributed by atoms with Gasteiger partial charge in [0, 0.05) is 89.5 Å². The number of nitrogens with one attached hydrogen (secondary N) is 3. The van der Waals surface area contributed by atoms with Gasteiger partial charge in [-0.25, -0.2) is 9.37 Å². The van der Waals surface area contributed by atoms with Crippen LogP contribution in [0, 0.1) is 5.82 Å². The number of nitrogens with zero attached hydrogens (tertiary/aromatic N) is 8. The molecule has 22 heteroatoms. The van der Waals surface area contributed by atoms with Crippen LogP contribution in [0.5, 0.6) is 5.75 Å². The molecule has 1 aliphatic carbocycles. The van der Waals surface area contributed by atoms with Crippen molar-refractivity contribution in [1.29, 1.82) is 0 Å². The Hall–Kier alpha value is -6.84. The molecule has 2 atom stereocenters. The Labute approximate surface area is 382 Å². The van der Waals surface area contributed by atoms with Gasteiger partial charge in [-0.3, -0.25) is 48.7 Å². The Morgan fingerprint density at radius 1 is 0.940 bits per heavy atom. The highest BCUT2D eigenvalue weighted by Gasteiger charge is 2.49. The van der Waals surface area contributed by atoms with E-state index in [0.29, 0.717) is 58.5 Å². The van der Waals surface area contributed by atoms with E-state index in [1.54, 1.807) is 23.1 Å². The van der Waals surface area contributed by atoms with Gasteiger partial charge in [-0.05, 0) is 49.9 Å². The summed E-state index contributed by atoms with van der Waals surface area (Å²) in [7, 11) is 2.59. The number of carbonyl (C=O) groups is 7. The Morgan fingerprint density at radius 2 is 1.69 bits per heavy atom. The highest BCUT2D eigenvalue weighted by Crippen LogP contribution is 2.40. The van der Waals surface area contributed by atoms with E-state index in [9.17, 15) is 33.6 Å². The Balaban J connectivity index is 0.763. The predicted octanol–water partition coefficient (Wildman–Crippen LogP) is 2.67. The number of benzene rings is 2. The van der Waals surface area contributed by atoms with Crippen LogP contribution in [0.4, 0.5) is 42.0 Å². The molecule has 19 nitrogen and oxygen atoms in total. The van der Waals surface area contributed by atoms with E-state index >= 15 is 13.2 Å². The monoisotopic (exact) mass is 929 g/mol. The normalized spacial score (nSPS) is 22.2. The number of hydrogen-bond acceptors (Lipinski definition) is 14. The zero-order valence-corrected chi connectivity index (χ0v) is 37.0. The largest absolute Gasteiger partial charge is 0.495 e. The van der Waals surface area contributed by atoms with Gasteiger partial charge in [0.25, 0.3) is 23.6 Å². The number of likely N-dealkylation sites (tertiary alicyclic amines) is 1. The molecule has 1 aromatic heterocycles. The van der Waals surface area contributed by atoms with Crippen LogP contribution in [-0.4, -0.2) is 157 Å². The first-order chi connectivity index (χ1) is 32.1. The number of anilines is 5. The first-order valence-corrected chi connectivity index (χ1v) is 22.5. The average Bonchev–Trinajstić information content (AvgIpc) is 4.07. The molecule has 6 heterocycles. The number of hydrogen-bond donors (Lipinski definition) is 3. The number of halogens is 3. The van der Waals surface area contributed by atoms with Gasteiger partial charge < -0.3 is 35.0 Å². The zero-order valence-electron chi connectivity index (χ0n) is 37.0. The molecule has 67 heavy (non-hydrogen) atoms. The van der Waals surface area contributed by atoms with Gasteiger partial charge >= 0.3 is 5.92 Å². The smallest absolute Gasteiger partial charge is 0.342 e. The molecule has 4 fully saturated rings. The van der Waals surface area contributed by atoms with E-state index in [0.717, 1.165) is 34.4 Å². The number of fused-ring (bicyclic) bond motifs is 2. The number of methoxy groups -OCH3 is 1. The standard InChI is InChI=1S/C45H50F3N11O8/c1-54-34-22-49-44(53-38(34)58(26-5-3-4-6-26)24-45(47,48)43(54)66)51-32-21-31(46)30(20-35(32)67-2)39(62)50-25-11-14-57(23-25)37(61)12-13-55-15-17-56(18-16-55)27-7-8-28-29(19-27)42(65)59(41(28)64)33-9-10-36(60)52-40(33)63/h7-8,19-22,25-26,33H,3-6,9-18,23-24H2,1-2H3,(H,50,62)(H,49,51,53)(H,52,60,63)/t25-,33?/m1/s1. The summed E-state index contributed by atoms with van der Waals surface area (Å²) in [5.74, 6) is -8.74. The van der Waals surface area contributed by atoms with Crippen LogP contribution in [-0.2, 0) is 19.2 Å². The van der Waals surface area contributed by atoms with E-state index in [1.165, 1.54) is 31.3 Å². The van der Waals surface area contributed by atoms with Crippen LogP contribution in [0.15, 0.2) is 36.5 Å². The molecule has 0 radical (unpaired) electrons. The summed E-state index contributed by atoms with van der Waals surface area (Å²) in [5.41, 5.74) is 1.08. The first kappa shape index (κ1) is 45.3. The molecule has 0 spiro atoms. The fourth-order valence-corrected chi connectivity index (χ4v) is 9.88. The highest BCUT2D eigenvalue weighted by atomic mass is 19.3. The number of alkyl halides is 2. The second-order valence-electron chi connectivity index (χ2n) is 17.7. The van der Waals surface area contributed by atoms with Gasteiger partial charge in [-0.15, -0.1) is 0 Å². The second kappa shape index (κ2) is 18.1. The van der Waals surface area contributed by atoms with Crippen LogP contribution in [0.25, 0.3) is 0 Å². The quantitative estimate of drug-likeness (QED) is 0.236. The van der Waals surface area contributed by atoms with Crippen molar-refractivity contribution in [1.82, 2.24) is 35.3 Å². The van der Waals surface area contributed by atoms with Crippen molar-refractivity contribution < 1.29 is 51.5 Å². The van der Waals surface area contributed by atoms with Gasteiger partial charge in [0.2, 0.25) is 23.7 Å². The number of amides is 7. The summed E-state index contributed by atoms with van der Waals surface area (Å²) in [4.78, 5) is 108. The molecule has 0 bridgehead atoms. The highest BCUT2D eigenvalue weighted by molar-refractivity contribution is 6.23. The van der Waals surface area contributed by atoms with Crippen LogP contribution in [0.1, 0.15) is 82.4 Å². The Morgan fingerprint density at radius 3 is 2.42 bits per heavy atom. The summed E-state index contributed by atoms with van der Waals surface area (Å²) in [6, 6.07) is 5.59. The van der Waals surface area contributed by atoms with Crippen LogP contribution in [0.3, 0.4) is 0 Å². The molecule has 354 valence electrons. The molecule has 3 N–H and O–H groups in total. The fourth-order valence-electron chi connectivity index (χ4n) is 9.88. The van der Waals surface area contributed by atoms with Gasteiger partial charge in [0.1, 0.15) is 23.3 Å². The van der Waals surface area contributed by atoms with E-state index in [1.807, 2.05) is 0 Å². The Bertz CT molecular complexity index is 2550. The number of piperazine rings is 1. The maximum Gasteiger partial charge on any atom is 0.342 e. The number of carbonyl (C=O) groups excluding carboxylic acids is 7. The lowest BCUT2D eigenvalue weighted by Gasteiger charge is -2.36. The molecular weight excluding hydrogens is 880 g/mol. The molecule has 2 aromatic carbocycles. The van der Waals surface area contributed by atoms with Crippen molar-refractivity contribution in [3.05, 3.63) is 59.0 Å². The summed E-state index contributed by atoms with van der Waals surface area (Å²) in [6.07, 6.45) is 5.13. The molecule has 7 amide bonds. The van der Waals surface area contributed by atoms with Crippen LogP contribution >= 0.6 is 0 Å². The molecule has 3 saturated heterocycles. The van der Waals surface area contributed by atoms with E-state index in [2.05, 4.69) is 35.7 Å². The number of aromatic nitrogens is 2.